The van der Waals surface area contributed by atoms with Gasteiger partial charge in [-0.3, -0.25) is 4.39 Å². The number of rotatable bonds is 7. The van der Waals surface area contributed by atoms with Crippen LogP contribution in [0, 0.1) is 0 Å². The van der Waals surface area contributed by atoms with Crippen molar-refractivity contribution >= 4 is 23.6 Å². The first-order chi connectivity index (χ1) is 8.83. The Morgan fingerprint density at radius 3 is 3.00 bits per heavy atom. The van der Waals surface area contributed by atoms with E-state index in [-0.39, 0.29) is 12.7 Å². The lowest BCUT2D eigenvalue weighted by Gasteiger charge is -2.17. The normalized spacial score (nSPS) is 13.0. The van der Waals surface area contributed by atoms with Crippen LogP contribution in [-0.4, -0.2) is 18.6 Å². The number of hydrogen-bond donors (Lipinski definition) is 2. The van der Waals surface area contributed by atoms with Crippen LogP contribution in [0.5, 0.6) is 0 Å². The van der Waals surface area contributed by atoms with Gasteiger partial charge in [0, 0.05) is 17.3 Å². The van der Waals surface area contributed by atoms with E-state index in [1.54, 1.807) is 6.26 Å². The Kier molecular flexibility index (Phi) is 5.08. The number of nitrogens with one attached hydrogen (secondary N) is 1. The summed E-state index contributed by atoms with van der Waals surface area (Å²) in [6.07, 6.45) is 4.02. The molecule has 2 nitrogen and oxygen atoms in total. The third kappa shape index (κ3) is 3.50. The van der Waals surface area contributed by atoms with E-state index < -0.39 is 0 Å². The van der Waals surface area contributed by atoms with Crippen molar-refractivity contribution in [3.8, 4) is 0 Å². The monoisotopic (exact) mass is 267 g/mol. The minimum atomic E-state index is -0.258. The number of halogens is 1. The molecule has 98 valence electrons. The molecule has 0 bridgehead atoms. The molecule has 18 heavy (non-hydrogen) atoms. The maximum absolute atomic E-state index is 12.2. The Hall–Kier alpha value is -1.00. The molecule has 0 saturated heterocycles. The van der Waals surface area contributed by atoms with E-state index >= 15 is 0 Å². The molecule has 0 radical (unpaired) electrons. The summed E-state index contributed by atoms with van der Waals surface area (Å²) in [5.41, 5.74) is 2.14. The Bertz CT molecular complexity index is 485. The van der Waals surface area contributed by atoms with Gasteiger partial charge in [0.1, 0.15) is 5.58 Å². The average molecular weight is 267 g/mol. The van der Waals surface area contributed by atoms with Crippen molar-refractivity contribution in [1.82, 2.24) is 5.32 Å². The summed E-state index contributed by atoms with van der Waals surface area (Å²) in [4.78, 5) is 0. The number of furan rings is 1. The van der Waals surface area contributed by atoms with Crippen LogP contribution >= 0.6 is 12.6 Å². The molecule has 0 amide bonds. The molecule has 0 spiro atoms. The lowest BCUT2D eigenvalue weighted by molar-refractivity contribution is 0.417. The van der Waals surface area contributed by atoms with Crippen LogP contribution in [0.2, 0.25) is 0 Å². The lowest BCUT2D eigenvalue weighted by Crippen LogP contribution is -2.30. The van der Waals surface area contributed by atoms with Crippen molar-refractivity contribution < 1.29 is 8.81 Å². The van der Waals surface area contributed by atoms with E-state index in [0.717, 1.165) is 23.8 Å². The van der Waals surface area contributed by atoms with Crippen LogP contribution < -0.4 is 5.32 Å². The third-order valence-corrected chi connectivity index (χ3v) is 3.25. The zero-order valence-corrected chi connectivity index (χ0v) is 11.1. The van der Waals surface area contributed by atoms with Gasteiger partial charge in [-0.05, 0) is 43.0 Å². The van der Waals surface area contributed by atoms with Gasteiger partial charge in [-0.15, -0.1) is 0 Å². The highest BCUT2D eigenvalue weighted by molar-refractivity contribution is 7.80. The van der Waals surface area contributed by atoms with Crippen molar-refractivity contribution in [1.29, 1.82) is 0 Å². The Morgan fingerprint density at radius 2 is 2.22 bits per heavy atom. The molecule has 0 aliphatic rings. The summed E-state index contributed by atoms with van der Waals surface area (Å²) < 4.78 is 17.6. The minimum absolute atomic E-state index is 0.258. The van der Waals surface area contributed by atoms with Crippen LogP contribution in [0.15, 0.2) is 34.9 Å². The van der Waals surface area contributed by atoms with Crippen LogP contribution in [0.4, 0.5) is 4.39 Å². The number of benzene rings is 1. The molecule has 0 fully saturated rings. The predicted molar refractivity (Wildman–Crippen MR) is 75.9 cm³/mol. The van der Waals surface area contributed by atoms with Crippen molar-refractivity contribution in [3.63, 3.8) is 0 Å². The van der Waals surface area contributed by atoms with E-state index in [0.29, 0.717) is 12.3 Å². The van der Waals surface area contributed by atoms with Crippen LogP contribution in [-0.2, 0) is 6.42 Å². The summed E-state index contributed by atoms with van der Waals surface area (Å²) in [5, 5.41) is 4.40. The van der Waals surface area contributed by atoms with Crippen molar-refractivity contribution in [2.45, 2.75) is 25.3 Å². The molecular formula is C14H18FNOS. The third-order valence-electron chi connectivity index (χ3n) is 3.07. The molecule has 1 aromatic carbocycles. The molecule has 1 atom stereocenters. The second-order valence-corrected chi connectivity index (χ2v) is 4.70. The van der Waals surface area contributed by atoms with Crippen molar-refractivity contribution in [2.24, 2.45) is 0 Å². The Labute approximate surface area is 112 Å². The summed E-state index contributed by atoms with van der Waals surface area (Å²) in [6.45, 7) is -0.258. The van der Waals surface area contributed by atoms with Crippen molar-refractivity contribution in [3.05, 3.63) is 36.1 Å². The predicted octanol–water partition coefficient (Wildman–Crippen LogP) is 3.57. The van der Waals surface area contributed by atoms with Gasteiger partial charge < -0.3 is 9.73 Å². The van der Waals surface area contributed by atoms with E-state index in [2.05, 4.69) is 30.1 Å². The van der Waals surface area contributed by atoms with E-state index in [4.69, 9.17) is 4.42 Å². The maximum atomic E-state index is 12.2. The molecule has 0 aliphatic heterocycles. The number of fused-ring (bicyclic) bond motifs is 1. The number of thiol groups is 1. The van der Waals surface area contributed by atoms with Crippen LogP contribution in [0.1, 0.15) is 18.4 Å². The van der Waals surface area contributed by atoms with Gasteiger partial charge in [-0.2, -0.15) is 12.6 Å². The molecule has 1 unspecified atom stereocenters. The molecule has 1 heterocycles. The molecule has 1 N–H and O–H groups in total. The number of hydrogen-bond acceptors (Lipinski definition) is 3. The van der Waals surface area contributed by atoms with Gasteiger partial charge in [0.05, 0.1) is 12.9 Å². The standard InChI is InChI=1S/C14H18FNOS/c15-6-1-2-13(16-10-18)9-11-3-4-14-12(8-11)5-7-17-14/h3-5,7-8,13,16,18H,1-2,6,9-10H2. The van der Waals surface area contributed by atoms with E-state index in [9.17, 15) is 4.39 Å². The summed E-state index contributed by atoms with van der Waals surface area (Å²) >= 11 is 4.18. The van der Waals surface area contributed by atoms with Gasteiger partial charge in [0.2, 0.25) is 0 Å². The molecule has 4 heteroatoms. The van der Waals surface area contributed by atoms with Crippen molar-refractivity contribution in [2.75, 3.05) is 12.6 Å². The van der Waals surface area contributed by atoms with E-state index in [1.807, 2.05) is 12.1 Å². The Balaban J connectivity index is 2.04. The molecule has 0 aliphatic carbocycles. The highest BCUT2D eigenvalue weighted by atomic mass is 32.1. The number of alkyl halides is 1. The van der Waals surface area contributed by atoms with Gasteiger partial charge in [0.15, 0.2) is 0 Å². The largest absolute Gasteiger partial charge is 0.464 e. The van der Waals surface area contributed by atoms with Gasteiger partial charge in [-0.1, -0.05) is 6.07 Å². The molecule has 0 saturated carbocycles. The molecule has 1 aromatic heterocycles. The van der Waals surface area contributed by atoms with Gasteiger partial charge in [0.25, 0.3) is 0 Å². The average Bonchev–Trinajstić information content (AvgIpc) is 2.83. The summed E-state index contributed by atoms with van der Waals surface area (Å²) in [6, 6.07) is 8.41. The minimum Gasteiger partial charge on any atom is -0.464 e. The summed E-state index contributed by atoms with van der Waals surface area (Å²) in [5.74, 6) is 0.616. The maximum Gasteiger partial charge on any atom is 0.133 e. The quantitative estimate of drug-likeness (QED) is 0.592. The fourth-order valence-corrected chi connectivity index (χ4v) is 2.41. The van der Waals surface area contributed by atoms with Gasteiger partial charge in [-0.25, -0.2) is 0 Å². The second-order valence-electron chi connectivity index (χ2n) is 4.39. The topological polar surface area (TPSA) is 25.2 Å². The van der Waals surface area contributed by atoms with Gasteiger partial charge >= 0.3 is 0 Å². The Morgan fingerprint density at radius 1 is 1.33 bits per heavy atom. The first-order valence-electron chi connectivity index (χ1n) is 6.20. The van der Waals surface area contributed by atoms with Crippen LogP contribution in [0.25, 0.3) is 11.0 Å². The smallest absolute Gasteiger partial charge is 0.133 e. The molecule has 2 aromatic rings. The second kappa shape index (κ2) is 6.81. The lowest BCUT2D eigenvalue weighted by atomic mass is 10.0. The first-order valence-corrected chi connectivity index (χ1v) is 6.83. The highest BCUT2D eigenvalue weighted by Crippen LogP contribution is 2.18. The fourth-order valence-electron chi connectivity index (χ4n) is 2.16. The fraction of sp³-hybridized carbons (Fsp3) is 0.429. The zero-order valence-electron chi connectivity index (χ0n) is 10.2. The zero-order chi connectivity index (χ0) is 12.8. The molecule has 2 rings (SSSR count). The first kappa shape index (κ1) is 13.4. The summed E-state index contributed by atoms with van der Waals surface area (Å²) in [7, 11) is 0. The molecular weight excluding hydrogens is 249 g/mol. The SMILES string of the molecule is FCCCC(Cc1ccc2occc2c1)NCS. The van der Waals surface area contributed by atoms with E-state index in [1.165, 1.54) is 5.56 Å². The van der Waals surface area contributed by atoms with Crippen LogP contribution in [0.3, 0.4) is 0 Å². The highest BCUT2D eigenvalue weighted by Gasteiger charge is 2.09.